The largest absolute Gasteiger partial charge is 0.502 e. The lowest BCUT2D eigenvalue weighted by molar-refractivity contribution is -0.140. The number of anilines is 1. The van der Waals surface area contributed by atoms with Gasteiger partial charge in [-0.2, -0.15) is 0 Å². The number of carbonyl (C=O) groups is 4. The fourth-order valence-electron chi connectivity index (χ4n) is 7.24. The van der Waals surface area contributed by atoms with Crippen molar-refractivity contribution in [2.24, 2.45) is 23.7 Å². The topological polar surface area (TPSA) is 113 Å². The maximum absolute atomic E-state index is 14.3. The number of amides is 4. The van der Waals surface area contributed by atoms with Crippen LogP contribution in [0.25, 0.3) is 6.08 Å². The molecule has 4 aliphatic rings. The molecule has 2 aromatic rings. The number of carbonyl (C=O) groups excluding carboxylic acids is 4. The minimum absolute atomic E-state index is 0.102. The van der Waals surface area contributed by atoms with Gasteiger partial charge in [0.05, 0.1) is 31.7 Å². The molecule has 2 aliphatic heterocycles. The van der Waals surface area contributed by atoms with Gasteiger partial charge in [0.25, 0.3) is 11.8 Å². The first-order valence-electron chi connectivity index (χ1n) is 14.1. The van der Waals surface area contributed by atoms with Crippen LogP contribution in [0.3, 0.4) is 0 Å². The summed E-state index contributed by atoms with van der Waals surface area (Å²) in [4.78, 5) is 53.2. The highest BCUT2D eigenvalue weighted by atomic mass is 35.5. The molecule has 1 saturated carbocycles. The number of likely N-dealkylation sites (tertiary alicyclic amines) is 1. The van der Waals surface area contributed by atoms with Crippen LogP contribution >= 0.6 is 23.2 Å². The first-order chi connectivity index (χ1) is 20.9. The van der Waals surface area contributed by atoms with E-state index in [1.807, 2.05) is 6.08 Å². The Labute approximate surface area is 262 Å². The standard InChI is InChI=1S/C32H29Cl2FN2O7/c1-4-36-27(39)20-11-10-19-21(25(20)28(36)40)15-31(33)29(41)37(18-8-6-17(35)7-9-18)30(42)32(31,34)22(19)12-5-16-13-23(43-2)26(38)24(14-16)44-3/h5-10,12-14,20-22,25,38H,4,11,15H2,1-3H3. The highest BCUT2D eigenvalue weighted by Crippen LogP contribution is 2.63. The lowest BCUT2D eigenvalue weighted by atomic mass is 9.57. The average Bonchev–Trinajstić information content (AvgIpc) is 3.35. The number of halogens is 3. The molecule has 2 aliphatic carbocycles. The first-order valence-corrected chi connectivity index (χ1v) is 14.9. The molecule has 9 nitrogen and oxygen atoms in total. The van der Waals surface area contributed by atoms with Crippen molar-refractivity contribution in [3.8, 4) is 17.2 Å². The number of ether oxygens (including phenoxy) is 2. The summed E-state index contributed by atoms with van der Waals surface area (Å²) in [5, 5.41) is 10.4. The number of aromatic hydroxyl groups is 1. The molecule has 0 radical (unpaired) electrons. The van der Waals surface area contributed by atoms with Crippen molar-refractivity contribution < 1.29 is 38.1 Å². The monoisotopic (exact) mass is 642 g/mol. The number of imide groups is 2. The van der Waals surface area contributed by atoms with Crippen molar-refractivity contribution in [2.75, 3.05) is 25.7 Å². The second-order valence-corrected chi connectivity index (χ2v) is 12.6. The van der Waals surface area contributed by atoms with E-state index < -0.39 is 51.1 Å². The number of alkyl halides is 2. The SMILES string of the molecule is CCN1C(=O)C2CC=C3C(CC4(Cl)C(=O)N(c5ccc(F)cc5)C(=O)C4(Cl)C3C=Cc3cc(OC)c(O)c(OC)c3)C2C1=O. The van der Waals surface area contributed by atoms with Crippen LogP contribution in [0.5, 0.6) is 17.2 Å². The van der Waals surface area contributed by atoms with E-state index in [0.717, 1.165) is 17.0 Å². The zero-order valence-corrected chi connectivity index (χ0v) is 25.6. The zero-order valence-electron chi connectivity index (χ0n) is 24.1. The molecule has 0 bridgehead atoms. The number of methoxy groups -OCH3 is 2. The molecule has 12 heteroatoms. The van der Waals surface area contributed by atoms with Crippen LogP contribution in [0.4, 0.5) is 10.1 Å². The Morgan fingerprint density at radius 1 is 1.00 bits per heavy atom. The van der Waals surface area contributed by atoms with Crippen molar-refractivity contribution in [2.45, 2.75) is 29.5 Å². The molecule has 6 atom stereocenters. The minimum atomic E-state index is -2.03. The van der Waals surface area contributed by atoms with Crippen molar-refractivity contribution in [3.05, 3.63) is 65.5 Å². The van der Waals surface area contributed by atoms with E-state index in [4.69, 9.17) is 32.7 Å². The predicted molar refractivity (Wildman–Crippen MR) is 160 cm³/mol. The summed E-state index contributed by atoms with van der Waals surface area (Å²) in [5.41, 5.74) is 1.25. The molecule has 4 amide bonds. The van der Waals surface area contributed by atoms with Gasteiger partial charge in [0.1, 0.15) is 5.82 Å². The number of fused-ring (bicyclic) bond motifs is 4. The van der Waals surface area contributed by atoms with Gasteiger partial charge in [-0.25, -0.2) is 9.29 Å². The van der Waals surface area contributed by atoms with Crippen molar-refractivity contribution in [3.63, 3.8) is 0 Å². The fraction of sp³-hybridized carbons (Fsp3) is 0.375. The Bertz CT molecular complexity index is 1640. The Balaban J connectivity index is 1.52. The normalized spacial score (nSPS) is 31.3. The average molecular weight is 643 g/mol. The number of benzene rings is 2. The van der Waals surface area contributed by atoms with E-state index in [1.54, 1.807) is 31.2 Å². The van der Waals surface area contributed by atoms with Gasteiger partial charge >= 0.3 is 0 Å². The van der Waals surface area contributed by atoms with Crippen LogP contribution in [0.2, 0.25) is 0 Å². The number of hydrogen-bond acceptors (Lipinski definition) is 7. The van der Waals surface area contributed by atoms with Gasteiger partial charge < -0.3 is 14.6 Å². The lowest BCUT2D eigenvalue weighted by Gasteiger charge is -2.49. The molecule has 6 unspecified atom stereocenters. The molecule has 3 fully saturated rings. The second kappa shape index (κ2) is 10.6. The third kappa shape index (κ3) is 4.03. The van der Waals surface area contributed by atoms with Gasteiger partial charge in [0.2, 0.25) is 17.6 Å². The first kappa shape index (κ1) is 30.1. The quantitative estimate of drug-likeness (QED) is 0.277. The molecule has 2 saturated heterocycles. The maximum atomic E-state index is 14.3. The fourth-order valence-corrected chi connectivity index (χ4v) is 8.13. The van der Waals surface area contributed by atoms with Crippen molar-refractivity contribution in [1.29, 1.82) is 0 Å². The maximum Gasteiger partial charge on any atom is 0.258 e. The van der Waals surface area contributed by atoms with Gasteiger partial charge in [0, 0.05) is 12.5 Å². The Morgan fingerprint density at radius 3 is 2.23 bits per heavy atom. The third-order valence-electron chi connectivity index (χ3n) is 9.34. The number of phenols is 1. The molecule has 44 heavy (non-hydrogen) atoms. The minimum Gasteiger partial charge on any atom is -0.502 e. The van der Waals surface area contributed by atoms with Crippen LogP contribution in [0, 0.1) is 29.5 Å². The molecular weight excluding hydrogens is 614 g/mol. The second-order valence-electron chi connectivity index (χ2n) is 11.3. The third-order valence-corrected chi connectivity index (χ3v) is 10.8. The molecule has 2 heterocycles. The molecule has 2 aromatic carbocycles. The highest BCUT2D eigenvalue weighted by molar-refractivity contribution is 6.58. The van der Waals surface area contributed by atoms with E-state index in [2.05, 4.69) is 0 Å². The summed E-state index contributed by atoms with van der Waals surface area (Å²) in [6.07, 6.45) is 5.22. The summed E-state index contributed by atoms with van der Waals surface area (Å²) in [6, 6.07) is 7.95. The summed E-state index contributed by atoms with van der Waals surface area (Å²) in [5.74, 6) is -5.71. The van der Waals surface area contributed by atoms with Crippen LogP contribution in [0.1, 0.15) is 25.3 Å². The van der Waals surface area contributed by atoms with Gasteiger partial charge in [-0.15, -0.1) is 23.2 Å². The van der Waals surface area contributed by atoms with Crippen LogP contribution in [-0.2, 0) is 19.2 Å². The number of nitrogens with zero attached hydrogens (tertiary/aromatic N) is 2. The van der Waals surface area contributed by atoms with Crippen molar-refractivity contribution >= 4 is 58.6 Å². The molecule has 0 spiro atoms. The number of allylic oxidation sites excluding steroid dienone is 3. The van der Waals surface area contributed by atoms with Crippen LogP contribution < -0.4 is 14.4 Å². The summed E-state index contributed by atoms with van der Waals surface area (Å²) in [6.45, 7) is 1.93. The molecular formula is C32H29Cl2FN2O7. The lowest BCUT2D eigenvalue weighted by Crippen LogP contribution is -2.60. The van der Waals surface area contributed by atoms with E-state index >= 15 is 0 Å². The molecule has 1 N–H and O–H groups in total. The van der Waals surface area contributed by atoms with E-state index in [0.29, 0.717) is 11.1 Å². The van der Waals surface area contributed by atoms with E-state index in [1.165, 1.54) is 31.3 Å². The van der Waals surface area contributed by atoms with Gasteiger partial charge in [-0.3, -0.25) is 24.1 Å². The van der Waals surface area contributed by atoms with Crippen molar-refractivity contribution in [1.82, 2.24) is 4.90 Å². The summed E-state index contributed by atoms with van der Waals surface area (Å²) >= 11 is 14.6. The number of rotatable bonds is 6. The Morgan fingerprint density at radius 2 is 1.64 bits per heavy atom. The van der Waals surface area contributed by atoms with Gasteiger partial charge in [-0.05, 0) is 67.6 Å². The van der Waals surface area contributed by atoms with E-state index in [-0.39, 0.29) is 54.1 Å². The molecule has 0 aromatic heterocycles. The smallest absolute Gasteiger partial charge is 0.258 e. The Kier molecular flexibility index (Phi) is 7.28. The van der Waals surface area contributed by atoms with E-state index in [9.17, 15) is 28.7 Å². The van der Waals surface area contributed by atoms with Crippen LogP contribution in [-0.4, -0.2) is 64.1 Å². The summed E-state index contributed by atoms with van der Waals surface area (Å²) in [7, 11) is 2.78. The van der Waals surface area contributed by atoms with Gasteiger partial charge in [-0.1, -0.05) is 23.8 Å². The highest BCUT2D eigenvalue weighted by Gasteiger charge is 2.76. The number of hydrogen-bond donors (Lipinski definition) is 1. The Hall–Kier alpha value is -3.89. The predicted octanol–water partition coefficient (Wildman–Crippen LogP) is 4.68. The molecule has 230 valence electrons. The summed E-state index contributed by atoms with van der Waals surface area (Å²) < 4.78 is 24.3. The number of phenolic OH excluding ortho intramolecular Hbond substituents is 1. The van der Waals surface area contributed by atoms with Crippen LogP contribution in [0.15, 0.2) is 54.1 Å². The zero-order chi connectivity index (χ0) is 31.7. The molecule has 6 rings (SSSR count). The van der Waals surface area contributed by atoms with Gasteiger partial charge in [0.15, 0.2) is 21.2 Å².